The van der Waals surface area contributed by atoms with Gasteiger partial charge in [0.2, 0.25) is 5.95 Å². The van der Waals surface area contributed by atoms with E-state index in [0.29, 0.717) is 17.3 Å². The lowest BCUT2D eigenvalue weighted by atomic mass is 9.91. The molecular formula is C26H25FN6. The molecule has 6 nitrogen and oxygen atoms in total. The Balaban J connectivity index is 1.41. The molecule has 1 aliphatic carbocycles. The van der Waals surface area contributed by atoms with E-state index in [4.69, 9.17) is 9.97 Å². The molecule has 0 bridgehead atoms. The van der Waals surface area contributed by atoms with Gasteiger partial charge in [0.05, 0.1) is 6.20 Å². The molecule has 0 spiro atoms. The minimum Gasteiger partial charge on any atom is -0.358 e. The minimum absolute atomic E-state index is 0.210. The van der Waals surface area contributed by atoms with Crippen LogP contribution in [0.4, 0.5) is 10.3 Å². The van der Waals surface area contributed by atoms with Crippen LogP contribution in [0.25, 0.3) is 27.9 Å². The third-order valence-electron chi connectivity index (χ3n) is 6.53. The van der Waals surface area contributed by atoms with E-state index in [1.165, 1.54) is 34.3 Å². The highest BCUT2D eigenvalue weighted by molar-refractivity contribution is 5.85. The van der Waals surface area contributed by atoms with Gasteiger partial charge in [-0.2, -0.15) is 14.6 Å². The van der Waals surface area contributed by atoms with Crippen molar-refractivity contribution >= 4 is 22.5 Å². The van der Waals surface area contributed by atoms with Gasteiger partial charge in [-0.1, -0.05) is 44.2 Å². The molecule has 0 aliphatic heterocycles. The van der Waals surface area contributed by atoms with E-state index >= 15 is 0 Å². The van der Waals surface area contributed by atoms with E-state index in [9.17, 15) is 4.39 Å². The van der Waals surface area contributed by atoms with Crippen LogP contribution in [0.3, 0.4) is 0 Å². The number of anilines is 1. The highest BCUT2D eigenvalue weighted by atomic mass is 19.1. The summed E-state index contributed by atoms with van der Waals surface area (Å²) in [7, 11) is 0. The molecule has 0 saturated heterocycles. The van der Waals surface area contributed by atoms with Crippen molar-refractivity contribution in [3.05, 3.63) is 77.4 Å². The standard InChI is InChI=1S/C26H25FN6/c1-15(2)21-14-28-33-25(21)31-24(16-6-5-7-17(27)12-16)32-26(33)29-18-10-11-23-20(13-18)19-8-3-4-9-22(19)30-23/h3-9,12,14-15,18,30H,10-11,13H2,1-2H3,(H,29,31,32). The van der Waals surface area contributed by atoms with Crippen LogP contribution in [0.15, 0.2) is 54.7 Å². The number of fused-ring (bicyclic) bond motifs is 4. The highest BCUT2D eigenvalue weighted by Gasteiger charge is 2.24. The fourth-order valence-corrected chi connectivity index (χ4v) is 4.83. The van der Waals surface area contributed by atoms with Crippen molar-refractivity contribution in [3.8, 4) is 11.4 Å². The van der Waals surface area contributed by atoms with E-state index in [2.05, 4.69) is 53.5 Å². The second kappa shape index (κ2) is 7.69. The number of benzene rings is 2. The number of rotatable bonds is 4. The third kappa shape index (κ3) is 3.44. The van der Waals surface area contributed by atoms with Crippen molar-refractivity contribution in [3.63, 3.8) is 0 Å². The molecule has 3 heterocycles. The van der Waals surface area contributed by atoms with Gasteiger partial charge < -0.3 is 10.3 Å². The van der Waals surface area contributed by atoms with E-state index < -0.39 is 0 Å². The molecule has 1 aliphatic rings. The highest BCUT2D eigenvalue weighted by Crippen LogP contribution is 2.31. The molecule has 0 fully saturated rings. The Morgan fingerprint density at radius 1 is 1.12 bits per heavy atom. The number of aryl methyl sites for hydroxylation is 1. The summed E-state index contributed by atoms with van der Waals surface area (Å²) in [6.07, 6.45) is 4.72. The maximum absolute atomic E-state index is 13.9. The van der Waals surface area contributed by atoms with Crippen LogP contribution >= 0.6 is 0 Å². The SMILES string of the molecule is CC(C)c1cnn2c(NC3CCc4[nH]c5ccccc5c4C3)nc(-c3cccc(F)c3)nc12. The summed E-state index contributed by atoms with van der Waals surface area (Å²) in [5.41, 5.74) is 6.33. The van der Waals surface area contributed by atoms with Gasteiger partial charge >= 0.3 is 0 Å². The first-order valence-electron chi connectivity index (χ1n) is 11.4. The Bertz CT molecular complexity index is 1480. The third-order valence-corrected chi connectivity index (χ3v) is 6.53. The summed E-state index contributed by atoms with van der Waals surface area (Å²) in [5, 5.41) is 9.51. The monoisotopic (exact) mass is 440 g/mol. The number of aromatic amines is 1. The second-order valence-electron chi connectivity index (χ2n) is 9.08. The zero-order chi connectivity index (χ0) is 22.5. The van der Waals surface area contributed by atoms with Crippen LogP contribution < -0.4 is 5.32 Å². The van der Waals surface area contributed by atoms with Gasteiger partial charge in [-0.25, -0.2) is 9.37 Å². The second-order valence-corrected chi connectivity index (χ2v) is 9.08. The molecule has 7 heteroatoms. The van der Waals surface area contributed by atoms with Crippen LogP contribution in [0.5, 0.6) is 0 Å². The number of aromatic nitrogens is 5. The number of hydrogen-bond acceptors (Lipinski definition) is 4. The number of hydrogen-bond donors (Lipinski definition) is 2. The molecule has 33 heavy (non-hydrogen) atoms. The van der Waals surface area contributed by atoms with Gasteiger partial charge in [-0.15, -0.1) is 0 Å². The van der Waals surface area contributed by atoms with E-state index in [0.717, 1.165) is 30.5 Å². The maximum atomic E-state index is 13.9. The van der Waals surface area contributed by atoms with Crippen molar-refractivity contribution in [1.29, 1.82) is 0 Å². The quantitative estimate of drug-likeness (QED) is 0.387. The Labute approximate surface area is 190 Å². The van der Waals surface area contributed by atoms with Crippen molar-refractivity contribution in [2.24, 2.45) is 0 Å². The largest absolute Gasteiger partial charge is 0.358 e. The number of nitrogens with one attached hydrogen (secondary N) is 2. The molecule has 1 unspecified atom stereocenters. The lowest BCUT2D eigenvalue weighted by molar-refractivity contribution is 0.599. The van der Waals surface area contributed by atoms with E-state index in [-0.39, 0.29) is 17.8 Å². The Morgan fingerprint density at radius 3 is 2.85 bits per heavy atom. The lowest BCUT2D eigenvalue weighted by Gasteiger charge is -2.24. The number of nitrogens with zero attached hydrogens (tertiary/aromatic N) is 4. The summed E-state index contributed by atoms with van der Waals surface area (Å²) in [6, 6.07) is 15.1. The fourth-order valence-electron chi connectivity index (χ4n) is 4.83. The van der Waals surface area contributed by atoms with Crippen molar-refractivity contribution in [2.75, 3.05) is 5.32 Å². The molecule has 3 aromatic heterocycles. The predicted molar refractivity (Wildman–Crippen MR) is 128 cm³/mol. The number of halogens is 1. The molecular weight excluding hydrogens is 415 g/mol. The van der Waals surface area contributed by atoms with Crippen molar-refractivity contribution < 1.29 is 4.39 Å². The van der Waals surface area contributed by atoms with Gasteiger partial charge in [0, 0.05) is 33.8 Å². The fraction of sp³-hybridized carbons (Fsp3) is 0.269. The Hall–Kier alpha value is -3.74. The van der Waals surface area contributed by atoms with Crippen LogP contribution in [0.2, 0.25) is 0 Å². The molecule has 0 saturated carbocycles. The first-order valence-corrected chi connectivity index (χ1v) is 11.4. The van der Waals surface area contributed by atoms with Gasteiger partial charge in [0.15, 0.2) is 11.5 Å². The Morgan fingerprint density at radius 2 is 2.00 bits per heavy atom. The first-order chi connectivity index (χ1) is 16.1. The van der Waals surface area contributed by atoms with Crippen LogP contribution in [0.1, 0.15) is 43.0 Å². The van der Waals surface area contributed by atoms with Crippen LogP contribution in [0, 0.1) is 5.82 Å². The van der Waals surface area contributed by atoms with Crippen molar-refractivity contribution in [1.82, 2.24) is 24.6 Å². The summed E-state index contributed by atoms with van der Waals surface area (Å²) in [4.78, 5) is 13.1. The smallest absolute Gasteiger partial charge is 0.228 e. The summed E-state index contributed by atoms with van der Waals surface area (Å²) in [6.45, 7) is 4.24. The average Bonchev–Trinajstić information content (AvgIpc) is 3.41. The lowest BCUT2D eigenvalue weighted by Crippen LogP contribution is -2.29. The molecule has 5 aromatic rings. The van der Waals surface area contributed by atoms with Crippen LogP contribution in [-0.2, 0) is 12.8 Å². The molecule has 0 amide bonds. The zero-order valence-electron chi connectivity index (χ0n) is 18.6. The zero-order valence-corrected chi connectivity index (χ0v) is 18.6. The van der Waals surface area contributed by atoms with Crippen LogP contribution in [-0.4, -0.2) is 30.6 Å². The Kier molecular flexibility index (Phi) is 4.64. The van der Waals surface area contributed by atoms with Gasteiger partial charge in [-0.05, 0) is 48.9 Å². The van der Waals surface area contributed by atoms with Gasteiger partial charge in [0.25, 0.3) is 0 Å². The molecule has 0 radical (unpaired) electrons. The van der Waals surface area contributed by atoms with Gasteiger partial charge in [0.1, 0.15) is 5.82 Å². The normalized spacial score (nSPS) is 15.9. The molecule has 2 aromatic carbocycles. The number of H-pyrrole nitrogens is 1. The topological polar surface area (TPSA) is 70.9 Å². The molecule has 6 rings (SSSR count). The van der Waals surface area contributed by atoms with Gasteiger partial charge in [-0.3, -0.25) is 0 Å². The summed E-state index contributed by atoms with van der Waals surface area (Å²) in [5.74, 6) is 1.09. The van der Waals surface area contributed by atoms with E-state index in [1.54, 1.807) is 10.6 Å². The molecule has 2 N–H and O–H groups in total. The van der Waals surface area contributed by atoms with Crippen molar-refractivity contribution in [2.45, 2.75) is 45.1 Å². The first kappa shape index (κ1) is 19.9. The molecule has 1 atom stereocenters. The summed E-state index contributed by atoms with van der Waals surface area (Å²) < 4.78 is 15.7. The number of para-hydroxylation sites is 1. The van der Waals surface area contributed by atoms with E-state index in [1.807, 2.05) is 12.3 Å². The predicted octanol–water partition coefficient (Wildman–Crippen LogP) is 5.50. The molecule has 166 valence electrons. The maximum Gasteiger partial charge on any atom is 0.228 e. The summed E-state index contributed by atoms with van der Waals surface area (Å²) >= 11 is 0. The minimum atomic E-state index is -0.304. The average molecular weight is 441 g/mol.